The third-order valence-corrected chi connectivity index (χ3v) is 1.94. The number of nitrogens with two attached hydrogens (primary N) is 1. The third kappa shape index (κ3) is 4.13. The van der Waals surface area contributed by atoms with Crippen molar-refractivity contribution >= 4 is 24.8 Å². The molecule has 1 saturated carbocycles. The fraction of sp³-hybridized carbons (Fsp3) is 1.00. The molecule has 1 fully saturated rings. The van der Waals surface area contributed by atoms with Crippen LogP contribution < -0.4 is 11.3 Å². The summed E-state index contributed by atoms with van der Waals surface area (Å²) in [5.74, 6) is 5.18. The van der Waals surface area contributed by atoms with E-state index in [2.05, 4.69) is 5.43 Å². The second-order valence-electron chi connectivity index (χ2n) is 2.62. The highest BCUT2D eigenvalue weighted by atomic mass is 35.5. The second-order valence-corrected chi connectivity index (χ2v) is 2.62. The van der Waals surface area contributed by atoms with E-state index in [1.54, 1.807) is 0 Å². The molecule has 11 heavy (non-hydrogen) atoms. The summed E-state index contributed by atoms with van der Waals surface area (Å²) in [7, 11) is 0. The lowest BCUT2D eigenvalue weighted by atomic mass is 9.93. The zero-order chi connectivity index (χ0) is 6.69. The Bertz CT molecular complexity index is 94.7. The summed E-state index contributed by atoms with van der Waals surface area (Å²) in [5, 5.41) is 9.23. The molecule has 0 spiro atoms. The molecule has 1 rings (SSSR count). The van der Waals surface area contributed by atoms with Gasteiger partial charge in [-0.3, -0.25) is 11.3 Å². The van der Waals surface area contributed by atoms with Crippen LogP contribution in [0.15, 0.2) is 0 Å². The maximum absolute atomic E-state index is 9.23. The van der Waals surface area contributed by atoms with E-state index >= 15 is 0 Å². The van der Waals surface area contributed by atoms with Crippen molar-refractivity contribution in [2.45, 2.75) is 37.8 Å². The molecule has 0 bridgehead atoms. The van der Waals surface area contributed by atoms with E-state index in [0.717, 1.165) is 19.3 Å². The van der Waals surface area contributed by atoms with Crippen molar-refractivity contribution in [2.24, 2.45) is 5.84 Å². The summed E-state index contributed by atoms with van der Waals surface area (Å²) in [5.41, 5.74) is 2.60. The predicted molar refractivity (Wildman–Crippen MR) is 50.1 cm³/mol. The topological polar surface area (TPSA) is 58.3 Å². The number of rotatable bonds is 1. The summed E-state index contributed by atoms with van der Waals surface area (Å²) in [6.45, 7) is 0. The molecule has 0 radical (unpaired) electrons. The van der Waals surface area contributed by atoms with E-state index in [1.807, 2.05) is 0 Å². The monoisotopic (exact) mass is 202 g/mol. The van der Waals surface area contributed by atoms with Crippen molar-refractivity contribution in [3.05, 3.63) is 0 Å². The van der Waals surface area contributed by atoms with E-state index < -0.39 is 0 Å². The van der Waals surface area contributed by atoms with Crippen molar-refractivity contribution in [3.63, 3.8) is 0 Å². The third-order valence-electron chi connectivity index (χ3n) is 1.94. The minimum absolute atomic E-state index is 0. The molecule has 4 N–H and O–H groups in total. The second kappa shape index (κ2) is 7.13. The van der Waals surface area contributed by atoms with Gasteiger partial charge in [0.15, 0.2) is 0 Å². The van der Waals surface area contributed by atoms with Gasteiger partial charge in [0.05, 0.1) is 6.10 Å². The van der Waals surface area contributed by atoms with Gasteiger partial charge in [0.25, 0.3) is 0 Å². The largest absolute Gasteiger partial charge is 0.391 e. The van der Waals surface area contributed by atoms with E-state index in [4.69, 9.17) is 5.84 Å². The molecule has 1 aliphatic carbocycles. The van der Waals surface area contributed by atoms with Crippen molar-refractivity contribution in [3.8, 4) is 0 Å². The van der Waals surface area contributed by atoms with Gasteiger partial charge in [0.1, 0.15) is 0 Å². The van der Waals surface area contributed by atoms with Crippen LogP contribution in [-0.4, -0.2) is 17.3 Å². The molecule has 0 aliphatic heterocycles. The van der Waals surface area contributed by atoms with Crippen molar-refractivity contribution < 1.29 is 5.11 Å². The first-order valence-corrected chi connectivity index (χ1v) is 3.49. The van der Waals surface area contributed by atoms with Gasteiger partial charge < -0.3 is 5.11 Å². The van der Waals surface area contributed by atoms with Gasteiger partial charge in [-0.25, -0.2) is 0 Å². The molecule has 0 aromatic carbocycles. The summed E-state index contributed by atoms with van der Waals surface area (Å²) < 4.78 is 0. The van der Waals surface area contributed by atoms with E-state index in [9.17, 15) is 5.11 Å². The Morgan fingerprint density at radius 1 is 1.18 bits per heavy atom. The first kappa shape index (κ1) is 14.0. The standard InChI is InChI=1S/C6H14N2O.2ClH/c7-8-5-3-1-2-4-6(5)9;;/h5-6,8-9H,1-4,7H2;2*1H. The van der Waals surface area contributed by atoms with Crippen LogP contribution in [0.3, 0.4) is 0 Å². The zero-order valence-electron chi connectivity index (χ0n) is 6.32. The summed E-state index contributed by atoms with van der Waals surface area (Å²) in [6.07, 6.45) is 4.02. The first-order chi connectivity index (χ1) is 4.34. The highest BCUT2D eigenvalue weighted by molar-refractivity contribution is 5.85. The fourth-order valence-electron chi connectivity index (χ4n) is 1.31. The Balaban J connectivity index is 0. The first-order valence-electron chi connectivity index (χ1n) is 3.49. The molecule has 0 aromatic heterocycles. The number of aliphatic hydroxyl groups is 1. The molecular formula is C6H16Cl2N2O. The van der Waals surface area contributed by atoms with Crippen LogP contribution in [0, 0.1) is 0 Å². The Labute approximate surface area is 79.5 Å². The van der Waals surface area contributed by atoms with Crippen molar-refractivity contribution in [1.82, 2.24) is 5.43 Å². The minimum Gasteiger partial charge on any atom is -0.391 e. The van der Waals surface area contributed by atoms with Crippen LogP contribution in [0.2, 0.25) is 0 Å². The minimum atomic E-state index is -0.219. The van der Waals surface area contributed by atoms with Crippen LogP contribution in [0.1, 0.15) is 25.7 Å². The van der Waals surface area contributed by atoms with E-state index in [0.29, 0.717) is 0 Å². The van der Waals surface area contributed by atoms with Crippen molar-refractivity contribution in [1.29, 1.82) is 0 Å². The van der Waals surface area contributed by atoms with Gasteiger partial charge in [-0.2, -0.15) is 0 Å². The van der Waals surface area contributed by atoms with Gasteiger partial charge >= 0.3 is 0 Å². The molecule has 0 aromatic rings. The molecule has 2 atom stereocenters. The molecular weight excluding hydrogens is 187 g/mol. The average Bonchev–Trinajstić information content (AvgIpc) is 1.89. The predicted octanol–water partition coefficient (Wildman–Crippen LogP) is 0.597. The molecule has 2 unspecified atom stereocenters. The summed E-state index contributed by atoms with van der Waals surface area (Å²) in [6, 6.07) is 0.138. The summed E-state index contributed by atoms with van der Waals surface area (Å²) in [4.78, 5) is 0. The van der Waals surface area contributed by atoms with Gasteiger partial charge in [-0.05, 0) is 12.8 Å². The number of hydrogen-bond donors (Lipinski definition) is 3. The average molecular weight is 203 g/mol. The highest BCUT2D eigenvalue weighted by Gasteiger charge is 2.20. The summed E-state index contributed by atoms with van der Waals surface area (Å²) >= 11 is 0. The molecule has 70 valence electrons. The Kier molecular flexibility index (Phi) is 9.08. The maximum Gasteiger partial charge on any atom is 0.0706 e. The highest BCUT2D eigenvalue weighted by Crippen LogP contribution is 2.17. The van der Waals surface area contributed by atoms with E-state index in [-0.39, 0.29) is 37.0 Å². The Morgan fingerprint density at radius 3 is 2.09 bits per heavy atom. The smallest absolute Gasteiger partial charge is 0.0706 e. The number of hydrazine groups is 1. The lowest BCUT2D eigenvalue weighted by Crippen LogP contribution is -2.45. The van der Waals surface area contributed by atoms with Crippen LogP contribution in [-0.2, 0) is 0 Å². The SMILES string of the molecule is Cl.Cl.NNC1CCCCC1O. The van der Waals surface area contributed by atoms with Gasteiger partial charge in [0, 0.05) is 6.04 Å². The maximum atomic E-state index is 9.23. The molecule has 5 heteroatoms. The molecule has 0 heterocycles. The van der Waals surface area contributed by atoms with E-state index in [1.165, 1.54) is 6.42 Å². The number of aliphatic hydroxyl groups excluding tert-OH is 1. The number of nitrogens with one attached hydrogen (secondary N) is 1. The van der Waals surface area contributed by atoms with Gasteiger partial charge in [0.2, 0.25) is 0 Å². The Morgan fingerprint density at radius 2 is 1.73 bits per heavy atom. The molecule has 0 saturated heterocycles. The van der Waals surface area contributed by atoms with Crippen LogP contribution in [0.25, 0.3) is 0 Å². The molecule has 3 nitrogen and oxygen atoms in total. The van der Waals surface area contributed by atoms with Gasteiger partial charge in [-0.1, -0.05) is 12.8 Å². The van der Waals surface area contributed by atoms with Gasteiger partial charge in [-0.15, -0.1) is 24.8 Å². The number of hydrogen-bond acceptors (Lipinski definition) is 3. The quantitative estimate of drug-likeness (QED) is 0.432. The lowest BCUT2D eigenvalue weighted by Gasteiger charge is -2.26. The van der Waals surface area contributed by atoms with Crippen LogP contribution >= 0.6 is 24.8 Å². The lowest BCUT2D eigenvalue weighted by molar-refractivity contribution is 0.0913. The fourth-order valence-corrected chi connectivity index (χ4v) is 1.31. The van der Waals surface area contributed by atoms with Crippen LogP contribution in [0.4, 0.5) is 0 Å². The zero-order valence-corrected chi connectivity index (χ0v) is 7.96. The normalized spacial score (nSPS) is 30.0. The van der Waals surface area contributed by atoms with Crippen molar-refractivity contribution in [2.75, 3.05) is 0 Å². The van der Waals surface area contributed by atoms with Crippen LogP contribution in [0.5, 0.6) is 0 Å². The molecule has 0 amide bonds. The number of halogens is 2. The molecule has 1 aliphatic rings. The Hall–Kier alpha value is 0.460.